The van der Waals surface area contributed by atoms with Gasteiger partial charge >= 0.3 is 0 Å². The van der Waals surface area contributed by atoms with Gasteiger partial charge in [0.05, 0.1) is 31.6 Å². The van der Waals surface area contributed by atoms with Crippen molar-refractivity contribution < 1.29 is 4.74 Å². The van der Waals surface area contributed by atoms with Crippen LogP contribution in [-0.2, 0) is 11.3 Å². The smallest absolute Gasteiger partial charge is 0.193 e. The van der Waals surface area contributed by atoms with Crippen molar-refractivity contribution in [2.45, 2.75) is 18.5 Å². The molecule has 2 aliphatic heterocycles. The summed E-state index contributed by atoms with van der Waals surface area (Å²) in [7, 11) is 3.91. The Balaban J connectivity index is 1.37. The van der Waals surface area contributed by atoms with Crippen molar-refractivity contribution in [1.82, 2.24) is 25.1 Å². The van der Waals surface area contributed by atoms with E-state index < -0.39 is 0 Å². The maximum absolute atomic E-state index is 5.58. The average molecular weight is 429 g/mol. The van der Waals surface area contributed by atoms with Crippen molar-refractivity contribution >= 4 is 17.7 Å². The SMILES string of the molecule is CN=C(NCC1(N2CCOCC2)CCSC1)N(C)Cc1ncc(-c2ccccc2)[nH]1. The van der Waals surface area contributed by atoms with E-state index in [1.165, 1.54) is 17.9 Å². The number of nitrogens with one attached hydrogen (secondary N) is 2. The molecule has 1 unspecified atom stereocenters. The number of aromatic amines is 1. The van der Waals surface area contributed by atoms with E-state index in [4.69, 9.17) is 4.74 Å². The standard InChI is InChI=1S/C22H32N6OS/c1-23-21(25-16-22(8-13-30-17-22)28-9-11-29-12-10-28)27(2)15-20-24-14-19(26-20)18-6-4-3-5-7-18/h3-7,14H,8-13,15-17H2,1-2H3,(H,23,25)(H,24,26). The normalized spacial score (nSPS) is 22.9. The maximum atomic E-state index is 5.58. The number of ether oxygens (including phenoxy) is 1. The Morgan fingerprint density at radius 2 is 2.13 bits per heavy atom. The summed E-state index contributed by atoms with van der Waals surface area (Å²) < 4.78 is 5.58. The summed E-state index contributed by atoms with van der Waals surface area (Å²) in [4.78, 5) is 17.3. The molecule has 2 N–H and O–H groups in total. The molecule has 3 heterocycles. The Morgan fingerprint density at radius 1 is 1.33 bits per heavy atom. The minimum Gasteiger partial charge on any atom is -0.379 e. The molecular formula is C22H32N6OS. The van der Waals surface area contributed by atoms with E-state index in [1.54, 1.807) is 0 Å². The van der Waals surface area contributed by atoms with Crippen LogP contribution in [-0.4, -0.2) is 89.7 Å². The van der Waals surface area contributed by atoms with Crippen molar-refractivity contribution in [3.8, 4) is 11.3 Å². The maximum Gasteiger partial charge on any atom is 0.193 e. The minimum absolute atomic E-state index is 0.191. The second-order valence-corrected chi connectivity index (χ2v) is 9.10. The summed E-state index contributed by atoms with van der Waals surface area (Å²) in [6.07, 6.45) is 3.11. The highest BCUT2D eigenvalue weighted by Crippen LogP contribution is 2.33. The quantitative estimate of drug-likeness (QED) is 0.544. The van der Waals surface area contributed by atoms with Gasteiger partial charge in [0, 0.05) is 45.0 Å². The third kappa shape index (κ3) is 4.82. The van der Waals surface area contributed by atoms with Crippen LogP contribution in [0.15, 0.2) is 41.5 Å². The van der Waals surface area contributed by atoms with Gasteiger partial charge in [0.25, 0.3) is 0 Å². The van der Waals surface area contributed by atoms with Crippen molar-refractivity contribution in [3.05, 3.63) is 42.4 Å². The number of guanidine groups is 1. The zero-order valence-electron chi connectivity index (χ0n) is 17.9. The number of imidazole rings is 1. The first-order valence-electron chi connectivity index (χ1n) is 10.6. The lowest BCUT2D eigenvalue weighted by Gasteiger charge is -2.43. The van der Waals surface area contributed by atoms with Crippen LogP contribution in [0.2, 0.25) is 0 Å². The molecule has 8 heteroatoms. The molecule has 2 aliphatic rings. The molecule has 2 saturated heterocycles. The van der Waals surface area contributed by atoms with Crippen LogP contribution in [0.3, 0.4) is 0 Å². The van der Waals surface area contributed by atoms with Crippen LogP contribution in [0.25, 0.3) is 11.3 Å². The van der Waals surface area contributed by atoms with Gasteiger partial charge in [-0.1, -0.05) is 30.3 Å². The number of rotatable bonds is 6. The van der Waals surface area contributed by atoms with E-state index in [-0.39, 0.29) is 5.54 Å². The number of aliphatic imine (C=N–C) groups is 1. The summed E-state index contributed by atoms with van der Waals surface area (Å²) >= 11 is 2.05. The molecule has 0 aliphatic carbocycles. The number of hydrogen-bond donors (Lipinski definition) is 2. The molecule has 0 spiro atoms. The molecule has 0 amide bonds. The molecule has 4 rings (SSSR count). The Bertz CT molecular complexity index is 827. The lowest BCUT2D eigenvalue weighted by atomic mass is 9.95. The first kappa shape index (κ1) is 21.2. The van der Waals surface area contributed by atoms with Gasteiger partial charge in [0.2, 0.25) is 0 Å². The summed E-state index contributed by atoms with van der Waals surface area (Å²) in [5.74, 6) is 4.22. The summed E-state index contributed by atoms with van der Waals surface area (Å²) in [6.45, 7) is 5.29. The van der Waals surface area contributed by atoms with Gasteiger partial charge in [-0.2, -0.15) is 11.8 Å². The fourth-order valence-corrected chi connectivity index (χ4v) is 5.75. The average Bonchev–Trinajstić information content (AvgIpc) is 3.46. The number of benzene rings is 1. The van der Waals surface area contributed by atoms with E-state index in [1.807, 2.05) is 31.4 Å². The van der Waals surface area contributed by atoms with Gasteiger partial charge in [-0.15, -0.1) is 0 Å². The zero-order chi connectivity index (χ0) is 20.8. The van der Waals surface area contributed by atoms with Crippen molar-refractivity contribution in [3.63, 3.8) is 0 Å². The predicted molar refractivity (Wildman–Crippen MR) is 124 cm³/mol. The number of nitrogens with zero attached hydrogens (tertiary/aromatic N) is 4. The number of thioether (sulfide) groups is 1. The monoisotopic (exact) mass is 428 g/mol. The molecule has 1 aromatic carbocycles. The van der Waals surface area contributed by atoms with Gasteiger partial charge in [-0.3, -0.25) is 9.89 Å². The Morgan fingerprint density at radius 3 is 2.83 bits per heavy atom. The Kier molecular flexibility index (Phi) is 6.97. The van der Waals surface area contributed by atoms with Gasteiger partial charge in [-0.05, 0) is 17.7 Å². The second-order valence-electron chi connectivity index (χ2n) is 7.99. The van der Waals surface area contributed by atoms with Crippen molar-refractivity contribution in [2.75, 3.05) is 58.4 Å². The molecule has 1 atom stereocenters. The van der Waals surface area contributed by atoms with Crippen LogP contribution in [0.5, 0.6) is 0 Å². The van der Waals surface area contributed by atoms with E-state index in [0.717, 1.165) is 55.9 Å². The summed E-state index contributed by atoms with van der Waals surface area (Å²) in [6, 6.07) is 10.3. The van der Waals surface area contributed by atoms with E-state index in [0.29, 0.717) is 6.54 Å². The molecule has 0 radical (unpaired) electrons. The van der Waals surface area contributed by atoms with Crippen LogP contribution in [0, 0.1) is 0 Å². The van der Waals surface area contributed by atoms with Gasteiger partial charge in [-0.25, -0.2) is 4.98 Å². The van der Waals surface area contributed by atoms with Crippen LogP contribution < -0.4 is 5.32 Å². The molecule has 2 aromatic rings. The van der Waals surface area contributed by atoms with Gasteiger partial charge in [0.15, 0.2) is 5.96 Å². The lowest BCUT2D eigenvalue weighted by Crippen LogP contribution is -2.60. The van der Waals surface area contributed by atoms with Crippen molar-refractivity contribution in [1.29, 1.82) is 0 Å². The lowest BCUT2D eigenvalue weighted by molar-refractivity contribution is -0.0121. The van der Waals surface area contributed by atoms with Crippen molar-refractivity contribution in [2.24, 2.45) is 4.99 Å². The molecule has 7 nitrogen and oxygen atoms in total. The minimum atomic E-state index is 0.191. The molecule has 30 heavy (non-hydrogen) atoms. The first-order valence-corrected chi connectivity index (χ1v) is 11.8. The number of hydrogen-bond acceptors (Lipinski definition) is 5. The highest BCUT2D eigenvalue weighted by atomic mass is 32.2. The number of aromatic nitrogens is 2. The Labute approximate surface area is 183 Å². The molecule has 0 bridgehead atoms. The van der Waals surface area contributed by atoms with Crippen LogP contribution in [0.1, 0.15) is 12.2 Å². The first-order chi connectivity index (χ1) is 14.7. The Hall–Kier alpha value is -2.03. The van der Waals surface area contributed by atoms with E-state index in [2.05, 4.69) is 61.0 Å². The highest BCUT2D eigenvalue weighted by molar-refractivity contribution is 7.99. The van der Waals surface area contributed by atoms with Gasteiger partial charge in [0.1, 0.15) is 5.82 Å². The molecule has 0 saturated carbocycles. The molecule has 162 valence electrons. The number of H-pyrrole nitrogens is 1. The molecule has 1 aromatic heterocycles. The number of morpholine rings is 1. The summed E-state index contributed by atoms with van der Waals surface area (Å²) in [5, 5.41) is 3.65. The summed E-state index contributed by atoms with van der Waals surface area (Å²) in [5.41, 5.74) is 2.37. The highest BCUT2D eigenvalue weighted by Gasteiger charge is 2.40. The third-order valence-corrected chi connectivity index (χ3v) is 7.25. The van der Waals surface area contributed by atoms with E-state index in [9.17, 15) is 0 Å². The fourth-order valence-electron chi connectivity index (χ4n) is 4.27. The van der Waals surface area contributed by atoms with Crippen LogP contribution >= 0.6 is 11.8 Å². The second kappa shape index (κ2) is 9.85. The fraction of sp³-hybridized carbons (Fsp3) is 0.545. The van der Waals surface area contributed by atoms with Crippen LogP contribution in [0.4, 0.5) is 0 Å². The van der Waals surface area contributed by atoms with Gasteiger partial charge < -0.3 is 19.9 Å². The third-order valence-electron chi connectivity index (χ3n) is 6.01. The predicted octanol–water partition coefficient (Wildman–Crippen LogP) is 2.29. The van der Waals surface area contributed by atoms with E-state index >= 15 is 0 Å². The molecular weight excluding hydrogens is 396 g/mol. The topological polar surface area (TPSA) is 68.8 Å². The largest absolute Gasteiger partial charge is 0.379 e. The molecule has 2 fully saturated rings. The zero-order valence-corrected chi connectivity index (χ0v) is 18.7.